The number of carbonyl (C=O) groups excluding carboxylic acids is 2. The molecule has 0 bridgehead atoms. The molecule has 86 valence electrons. The topological polar surface area (TPSA) is 34.1 Å². The Bertz CT molecular complexity index is 685. The average molecular weight is 234 g/mol. The molecule has 2 heteroatoms. The third kappa shape index (κ3) is 1.36. The SMILES string of the molecule is C=CC(=O)C1=CC=C2C(=Cc3ccccc32)C1=O. The summed E-state index contributed by atoms with van der Waals surface area (Å²) in [5.41, 5.74) is 3.75. The third-order valence-corrected chi connectivity index (χ3v) is 3.20. The van der Waals surface area contributed by atoms with E-state index in [1.54, 1.807) is 6.08 Å². The lowest BCUT2D eigenvalue weighted by atomic mass is 9.89. The number of benzene rings is 1. The molecule has 2 aliphatic carbocycles. The average Bonchev–Trinajstić information content (AvgIpc) is 2.78. The molecule has 0 fully saturated rings. The molecule has 0 saturated carbocycles. The molecule has 2 nitrogen and oxygen atoms in total. The molecule has 0 spiro atoms. The number of rotatable bonds is 2. The van der Waals surface area contributed by atoms with Crippen LogP contribution in [-0.2, 0) is 9.59 Å². The maximum absolute atomic E-state index is 12.2. The van der Waals surface area contributed by atoms with E-state index in [0.717, 1.165) is 16.7 Å². The summed E-state index contributed by atoms with van der Waals surface area (Å²) in [6.45, 7) is 3.41. The maximum atomic E-state index is 12.2. The molecule has 0 atom stereocenters. The van der Waals surface area contributed by atoms with Crippen molar-refractivity contribution in [2.75, 3.05) is 0 Å². The van der Waals surface area contributed by atoms with E-state index in [1.165, 1.54) is 6.08 Å². The van der Waals surface area contributed by atoms with Crippen molar-refractivity contribution >= 4 is 23.2 Å². The standard InChI is InChI=1S/C16H10O2/c1-2-15(17)13-8-7-12-11-6-4-3-5-10(11)9-14(12)16(13)18/h2-9H,1H2. The quantitative estimate of drug-likeness (QED) is 0.582. The Labute approximate surface area is 105 Å². The van der Waals surface area contributed by atoms with Crippen molar-refractivity contribution in [3.8, 4) is 0 Å². The van der Waals surface area contributed by atoms with Gasteiger partial charge in [0.05, 0.1) is 5.57 Å². The minimum atomic E-state index is -0.327. The lowest BCUT2D eigenvalue weighted by molar-refractivity contribution is -0.117. The van der Waals surface area contributed by atoms with Crippen LogP contribution in [0, 0.1) is 0 Å². The van der Waals surface area contributed by atoms with E-state index in [0.29, 0.717) is 5.57 Å². The van der Waals surface area contributed by atoms with Crippen LogP contribution < -0.4 is 0 Å². The molecule has 2 aliphatic rings. The van der Waals surface area contributed by atoms with Crippen LogP contribution in [0.25, 0.3) is 11.6 Å². The number of hydrogen-bond donors (Lipinski definition) is 0. The Balaban J connectivity index is 2.15. The molecule has 0 unspecified atom stereocenters. The van der Waals surface area contributed by atoms with Crippen LogP contribution in [-0.4, -0.2) is 11.6 Å². The molecule has 1 aromatic carbocycles. The van der Waals surface area contributed by atoms with Crippen LogP contribution in [0.4, 0.5) is 0 Å². The number of hydrogen-bond acceptors (Lipinski definition) is 2. The van der Waals surface area contributed by atoms with Crippen LogP contribution in [0.3, 0.4) is 0 Å². The molecular weight excluding hydrogens is 224 g/mol. The van der Waals surface area contributed by atoms with Gasteiger partial charge in [-0.15, -0.1) is 0 Å². The van der Waals surface area contributed by atoms with Crippen LogP contribution in [0.15, 0.2) is 60.2 Å². The van der Waals surface area contributed by atoms with Crippen molar-refractivity contribution in [3.63, 3.8) is 0 Å². The Kier molecular flexibility index (Phi) is 2.23. The first-order chi connectivity index (χ1) is 8.72. The van der Waals surface area contributed by atoms with Gasteiger partial charge in [0.1, 0.15) is 0 Å². The first kappa shape index (κ1) is 10.7. The monoisotopic (exact) mass is 234 g/mol. The number of carbonyl (C=O) groups is 2. The highest BCUT2D eigenvalue weighted by molar-refractivity contribution is 6.36. The second-order valence-electron chi connectivity index (χ2n) is 4.20. The lowest BCUT2D eigenvalue weighted by Gasteiger charge is -2.11. The van der Waals surface area contributed by atoms with Gasteiger partial charge in [0.2, 0.25) is 0 Å². The summed E-state index contributed by atoms with van der Waals surface area (Å²) >= 11 is 0. The number of fused-ring (bicyclic) bond motifs is 3. The molecule has 0 aliphatic heterocycles. The van der Waals surface area contributed by atoms with Gasteiger partial charge in [0, 0.05) is 5.57 Å². The second kappa shape index (κ2) is 3.77. The molecule has 0 saturated heterocycles. The van der Waals surface area contributed by atoms with E-state index < -0.39 is 0 Å². The van der Waals surface area contributed by atoms with Crippen molar-refractivity contribution in [3.05, 3.63) is 71.3 Å². The fraction of sp³-hybridized carbons (Fsp3) is 0. The van der Waals surface area contributed by atoms with Gasteiger partial charge in [-0.1, -0.05) is 36.9 Å². The first-order valence-electron chi connectivity index (χ1n) is 5.67. The second-order valence-corrected chi connectivity index (χ2v) is 4.20. The zero-order valence-electron chi connectivity index (χ0n) is 9.64. The number of allylic oxidation sites excluding steroid dienone is 6. The fourth-order valence-corrected chi connectivity index (χ4v) is 2.31. The van der Waals surface area contributed by atoms with Crippen molar-refractivity contribution in [1.29, 1.82) is 0 Å². The molecule has 0 radical (unpaired) electrons. The van der Waals surface area contributed by atoms with Crippen LogP contribution in [0.5, 0.6) is 0 Å². The Morgan fingerprint density at radius 1 is 1.11 bits per heavy atom. The Morgan fingerprint density at radius 3 is 2.67 bits per heavy atom. The van der Waals surface area contributed by atoms with Crippen molar-refractivity contribution in [2.45, 2.75) is 0 Å². The highest BCUT2D eigenvalue weighted by Gasteiger charge is 2.30. The van der Waals surface area contributed by atoms with Gasteiger partial charge in [0.15, 0.2) is 11.6 Å². The lowest BCUT2D eigenvalue weighted by Crippen LogP contribution is -2.15. The van der Waals surface area contributed by atoms with E-state index in [9.17, 15) is 9.59 Å². The molecule has 3 rings (SSSR count). The van der Waals surface area contributed by atoms with Crippen molar-refractivity contribution in [1.82, 2.24) is 0 Å². The molecule has 0 N–H and O–H groups in total. The summed E-state index contributed by atoms with van der Waals surface area (Å²) in [7, 11) is 0. The molecule has 18 heavy (non-hydrogen) atoms. The summed E-state index contributed by atoms with van der Waals surface area (Å²) in [6.07, 6.45) is 6.43. The number of Topliss-reactive ketones (excluding diaryl/α,β-unsaturated/α-hetero) is 1. The van der Waals surface area contributed by atoms with E-state index in [1.807, 2.05) is 36.4 Å². The number of ketones is 2. The van der Waals surface area contributed by atoms with Gasteiger partial charge in [0.25, 0.3) is 0 Å². The predicted molar refractivity (Wildman–Crippen MR) is 70.7 cm³/mol. The van der Waals surface area contributed by atoms with Gasteiger partial charge >= 0.3 is 0 Å². The summed E-state index contributed by atoms with van der Waals surface area (Å²) in [5, 5.41) is 0. The molecule has 0 heterocycles. The maximum Gasteiger partial charge on any atom is 0.197 e. The zero-order valence-corrected chi connectivity index (χ0v) is 9.64. The fourth-order valence-electron chi connectivity index (χ4n) is 2.31. The van der Waals surface area contributed by atoms with Gasteiger partial charge in [-0.2, -0.15) is 0 Å². The largest absolute Gasteiger partial charge is 0.289 e. The Hall–Kier alpha value is -2.48. The summed E-state index contributed by atoms with van der Waals surface area (Å²) in [4.78, 5) is 23.8. The zero-order chi connectivity index (χ0) is 12.7. The summed E-state index contributed by atoms with van der Waals surface area (Å²) in [6, 6.07) is 7.81. The molecule has 0 aromatic heterocycles. The first-order valence-corrected chi connectivity index (χ1v) is 5.67. The minimum absolute atomic E-state index is 0.188. The normalized spacial score (nSPS) is 16.2. The van der Waals surface area contributed by atoms with Crippen molar-refractivity contribution in [2.24, 2.45) is 0 Å². The van der Waals surface area contributed by atoms with Crippen LogP contribution in [0.1, 0.15) is 11.1 Å². The van der Waals surface area contributed by atoms with Gasteiger partial charge in [-0.25, -0.2) is 0 Å². The summed E-state index contributed by atoms with van der Waals surface area (Å²) < 4.78 is 0. The highest BCUT2D eigenvalue weighted by Crippen LogP contribution is 2.39. The third-order valence-electron chi connectivity index (χ3n) is 3.20. The van der Waals surface area contributed by atoms with E-state index in [2.05, 4.69) is 6.58 Å². The van der Waals surface area contributed by atoms with Crippen molar-refractivity contribution < 1.29 is 9.59 Å². The molecule has 1 aromatic rings. The Morgan fingerprint density at radius 2 is 1.89 bits per heavy atom. The van der Waals surface area contributed by atoms with Crippen LogP contribution >= 0.6 is 0 Å². The summed E-state index contributed by atoms with van der Waals surface area (Å²) in [5.74, 6) is -0.541. The van der Waals surface area contributed by atoms with Gasteiger partial charge in [-0.05, 0) is 34.9 Å². The molecule has 0 amide bonds. The minimum Gasteiger partial charge on any atom is -0.289 e. The predicted octanol–water partition coefficient (Wildman–Crippen LogP) is 2.73. The van der Waals surface area contributed by atoms with E-state index in [-0.39, 0.29) is 17.1 Å². The van der Waals surface area contributed by atoms with Gasteiger partial charge in [-0.3, -0.25) is 9.59 Å². The van der Waals surface area contributed by atoms with Gasteiger partial charge < -0.3 is 0 Å². The van der Waals surface area contributed by atoms with E-state index in [4.69, 9.17) is 0 Å². The van der Waals surface area contributed by atoms with E-state index >= 15 is 0 Å². The van der Waals surface area contributed by atoms with Crippen LogP contribution in [0.2, 0.25) is 0 Å². The highest BCUT2D eigenvalue weighted by atomic mass is 16.1. The molecular formula is C16H10O2. The smallest absolute Gasteiger partial charge is 0.197 e.